The van der Waals surface area contributed by atoms with Gasteiger partial charge in [0.1, 0.15) is 5.52 Å². The Bertz CT molecular complexity index is 2640. The number of aromatic nitrogens is 4. The Morgan fingerprint density at radius 2 is 1.23 bits per heavy atom. The Kier molecular flexibility index (Phi) is 3.65. The first-order chi connectivity index (χ1) is 19.8. The number of fused-ring (bicyclic) bond motifs is 12. The van der Waals surface area contributed by atoms with Crippen LogP contribution in [-0.2, 0) is 0 Å². The molecule has 10 rings (SSSR count). The maximum Gasteiger partial charge on any atom is 0.165 e. The number of rotatable bonds is 1. The molecule has 0 bridgehead atoms. The molecule has 10 aromatic rings. The molecule has 4 nitrogen and oxygen atoms in total. The van der Waals surface area contributed by atoms with Crippen LogP contribution in [0.4, 0.5) is 0 Å². The van der Waals surface area contributed by atoms with Gasteiger partial charge in [-0.05, 0) is 53.2 Å². The molecule has 0 amide bonds. The Hall–Kier alpha value is -5.48. The lowest BCUT2D eigenvalue weighted by Crippen LogP contribution is -1.93. The third-order valence-electron chi connectivity index (χ3n) is 8.60. The molecule has 4 heterocycles. The zero-order chi connectivity index (χ0) is 25.9. The van der Waals surface area contributed by atoms with Crippen molar-refractivity contribution in [2.45, 2.75) is 0 Å². The Balaban J connectivity index is 1.48. The Morgan fingerprint density at radius 1 is 0.475 bits per heavy atom. The average molecular weight is 509 g/mol. The minimum Gasteiger partial charge on any atom is -0.309 e. The molecule has 6 aromatic carbocycles. The van der Waals surface area contributed by atoms with Crippen LogP contribution < -0.4 is 0 Å². The molecule has 0 aliphatic rings. The fourth-order valence-corrected chi connectivity index (χ4v) is 6.94. The van der Waals surface area contributed by atoms with E-state index in [9.17, 15) is 0 Å². The van der Waals surface area contributed by atoms with Crippen LogP contribution in [0.25, 0.3) is 87.7 Å². The van der Waals surface area contributed by atoms with E-state index in [-0.39, 0.29) is 0 Å². The molecule has 0 spiro atoms. The molecule has 4 heteroatoms. The lowest BCUT2D eigenvalue weighted by molar-refractivity contribution is 1.18. The van der Waals surface area contributed by atoms with E-state index in [1.807, 2.05) is 24.3 Å². The fourth-order valence-electron chi connectivity index (χ4n) is 6.94. The summed E-state index contributed by atoms with van der Waals surface area (Å²) in [5.74, 6) is 0. The minimum atomic E-state index is 0.909. The fraction of sp³-hybridized carbons (Fsp3) is 0. The van der Waals surface area contributed by atoms with E-state index in [1.54, 1.807) is 0 Å². The first-order valence-electron chi connectivity index (χ1n) is 13.6. The highest BCUT2D eigenvalue weighted by molar-refractivity contribution is 6.28. The van der Waals surface area contributed by atoms with Crippen LogP contribution in [0.15, 0.2) is 121 Å². The van der Waals surface area contributed by atoms with Gasteiger partial charge in [-0.1, -0.05) is 78.9 Å². The Labute approximate surface area is 227 Å². The molecule has 4 aromatic heterocycles. The monoisotopic (exact) mass is 508 g/mol. The van der Waals surface area contributed by atoms with Gasteiger partial charge >= 0.3 is 0 Å². The predicted molar refractivity (Wildman–Crippen MR) is 166 cm³/mol. The van der Waals surface area contributed by atoms with Gasteiger partial charge < -0.3 is 4.57 Å². The largest absolute Gasteiger partial charge is 0.309 e. The van der Waals surface area contributed by atoms with E-state index in [1.165, 1.54) is 48.9 Å². The third kappa shape index (κ3) is 2.42. The lowest BCUT2D eigenvalue weighted by atomic mass is 10.0. The van der Waals surface area contributed by atoms with Gasteiger partial charge in [0, 0.05) is 32.6 Å². The number of hydrogen-bond acceptors (Lipinski definition) is 2. The summed E-state index contributed by atoms with van der Waals surface area (Å²) in [6.07, 6.45) is 0. The van der Waals surface area contributed by atoms with Crippen molar-refractivity contribution >= 4 is 82.0 Å². The molecule has 0 unspecified atom stereocenters. The van der Waals surface area contributed by atoms with Gasteiger partial charge in [0.15, 0.2) is 5.65 Å². The van der Waals surface area contributed by atoms with Gasteiger partial charge in [-0.15, -0.1) is 0 Å². The van der Waals surface area contributed by atoms with Crippen molar-refractivity contribution in [3.63, 3.8) is 0 Å². The van der Waals surface area contributed by atoms with Gasteiger partial charge in [0.2, 0.25) is 0 Å². The summed E-state index contributed by atoms with van der Waals surface area (Å²) in [6.45, 7) is 0. The molecule has 0 radical (unpaired) electrons. The maximum absolute atomic E-state index is 5.16. The molecule has 0 N–H and O–H groups in total. The van der Waals surface area contributed by atoms with Crippen molar-refractivity contribution < 1.29 is 0 Å². The van der Waals surface area contributed by atoms with E-state index < -0.39 is 0 Å². The summed E-state index contributed by atoms with van der Waals surface area (Å²) in [4.78, 5) is 10.2. The number of para-hydroxylation sites is 4. The second-order valence-corrected chi connectivity index (χ2v) is 10.7. The van der Waals surface area contributed by atoms with Crippen LogP contribution in [0.2, 0.25) is 0 Å². The van der Waals surface area contributed by atoms with Gasteiger partial charge in [0.25, 0.3) is 0 Å². The van der Waals surface area contributed by atoms with Gasteiger partial charge in [-0.2, -0.15) is 0 Å². The molecule has 0 fully saturated rings. The van der Waals surface area contributed by atoms with E-state index in [2.05, 4.69) is 106 Å². The second kappa shape index (κ2) is 7.13. The van der Waals surface area contributed by atoms with Crippen molar-refractivity contribution in [2.75, 3.05) is 0 Å². The first-order valence-corrected chi connectivity index (χ1v) is 13.6. The lowest BCUT2D eigenvalue weighted by Gasteiger charge is -2.08. The molecule has 40 heavy (non-hydrogen) atoms. The number of benzene rings is 6. The number of hydrogen-bond donors (Lipinski definition) is 0. The highest BCUT2D eigenvalue weighted by Gasteiger charge is 2.22. The SMILES string of the molecule is c1ccc(-n2c3cc4c(cc3c3c5ccccc5ccc32)c2cccc3c5nc6ccccc6nc5n4c23)cc1. The normalized spacial score (nSPS) is 12.5. The van der Waals surface area contributed by atoms with Crippen LogP contribution in [0, 0.1) is 0 Å². The van der Waals surface area contributed by atoms with E-state index in [4.69, 9.17) is 9.97 Å². The van der Waals surface area contributed by atoms with E-state index in [0.717, 1.165) is 38.8 Å². The van der Waals surface area contributed by atoms with Gasteiger partial charge in [-0.25, -0.2) is 9.97 Å². The maximum atomic E-state index is 5.16. The van der Waals surface area contributed by atoms with E-state index >= 15 is 0 Å². The molecule has 0 aliphatic carbocycles. The smallest absolute Gasteiger partial charge is 0.165 e. The first kappa shape index (κ1) is 20.5. The van der Waals surface area contributed by atoms with E-state index in [0.29, 0.717) is 0 Å². The van der Waals surface area contributed by atoms with Crippen molar-refractivity contribution in [3.05, 3.63) is 121 Å². The summed E-state index contributed by atoms with van der Waals surface area (Å²) in [5, 5.41) is 8.71. The van der Waals surface area contributed by atoms with Crippen LogP contribution in [0.1, 0.15) is 0 Å². The minimum absolute atomic E-state index is 0.909. The molecular formula is C36H20N4. The van der Waals surface area contributed by atoms with Crippen LogP contribution >= 0.6 is 0 Å². The molecule has 0 aliphatic heterocycles. The Morgan fingerprint density at radius 3 is 2.12 bits per heavy atom. The summed E-state index contributed by atoms with van der Waals surface area (Å²) >= 11 is 0. The number of nitrogens with zero attached hydrogens (tertiary/aromatic N) is 4. The van der Waals surface area contributed by atoms with Crippen LogP contribution in [0.5, 0.6) is 0 Å². The molecule has 184 valence electrons. The van der Waals surface area contributed by atoms with Crippen LogP contribution in [0.3, 0.4) is 0 Å². The van der Waals surface area contributed by atoms with Crippen molar-refractivity contribution in [1.82, 2.24) is 18.9 Å². The van der Waals surface area contributed by atoms with Gasteiger partial charge in [0.05, 0.1) is 33.1 Å². The third-order valence-corrected chi connectivity index (χ3v) is 8.60. The predicted octanol–water partition coefficient (Wildman–Crippen LogP) is 9.03. The van der Waals surface area contributed by atoms with Gasteiger partial charge in [-0.3, -0.25) is 4.40 Å². The average Bonchev–Trinajstić information content (AvgIpc) is 3.63. The van der Waals surface area contributed by atoms with Crippen molar-refractivity contribution in [2.24, 2.45) is 0 Å². The van der Waals surface area contributed by atoms with Crippen LogP contribution in [-0.4, -0.2) is 18.9 Å². The molecule has 0 saturated heterocycles. The zero-order valence-corrected chi connectivity index (χ0v) is 21.3. The second-order valence-electron chi connectivity index (χ2n) is 10.7. The van der Waals surface area contributed by atoms with Crippen molar-refractivity contribution in [3.8, 4) is 5.69 Å². The summed E-state index contributed by atoms with van der Waals surface area (Å²) in [6, 6.07) is 43.4. The summed E-state index contributed by atoms with van der Waals surface area (Å²) in [5.41, 5.74) is 9.60. The highest BCUT2D eigenvalue weighted by Crippen LogP contribution is 2.43. The summed E-state index contributed by atoms with van der Waals surface area (Å²) in [7, 11) is 0. The topological polar surface area (TPSA) is 35.1 Å². The summed E-state index contributed by atoms with van der Waals surface area (Å²) < 4.78 is 4.74. The zero-order valence-electron chi connectivity index (χ0n) is 21.3. The van der Waals surface area contributed by atoms with Crippen molar-refractivity contribution in [1.29, 1.82) is 0 Å². The highest BCUT2D eigenvalue weighted by atomic mass is 15.0. The molecule has 0 saturated carbocycles. The molecular weight excluding hydrogens is 488 g/mol. The molecule has 0 atom stereocenters. The quantitative estimate of drug-likeness (QED) is 0.222. The standard InChI is InChI=1S/C36H20N4/c1-2-10-22(11-3-1)39-30-18-17-21-9-4-5-12-23(21)33(30)27-19-26-24-13-8-14-25-34-36(38-29-16-7-6-15-28(29)37-34)40(35(24)25)31(26)20-32(27)39/h1-20H.